The number of ketones is 1. The summed E-state index contributed by atoms with van der Waals surface area (Å²) in [5, 5.41) is 18.9. The number of hydrogen-bond acceptors (Lipinski definition) is 4. The number of halogens is 1. The van der Waals surface area contributed by atoms with Gasteiger partial charge in [0.25, 0.3) is 0 Å². The van der Waals surface area contributed by atoms with Crippen molar-refractivity contribution in [1.29, 1.82) is 0 Å². The van der Waals surface area contributed by atoms with Crippen molar-refractivity contribution in [3.63, 3.8) is 0 Å². The molecule has 0 aliphatic rings. The average Bonchev–Trinajstić information content (AvgIpc) is 2.37. The Bertz CT molecular complexity index is 461. The number of benzene rings is 1. The van der Waals surface area contributed by atoms with E-state index in [0.29, 0.717) is 5.33 Å². The van der Waals surface area contributed by atoms with Crippen LogP contribution < -0.4 is 0 Å². The summed E-state index contributed by atoms with van der Waals surface area (Å²) in [6.45, 7) is 0. The molecule has 1 atom stereocenters. The summed E-state index contributed by atoms with van der Waals surface area (Å²) in [5.74, 6) is -1.54. The maximum absolute atomic E-state index is 11.9. The first kappa shape index (κ1) is 15.2. The largest absolute Gasteiger partial charge is 0.479 e. The van der Waals surface area contributed by atoms with Crippen molar-refractivity contribution in [2.45, 2.75) is 17.4 Å². The molecule has 6 heteroatoms. The molecule has 1 rings (SSSR count). The maximum atomic E-state index is 11.9. The number of carboxylic acids is 1. The standard InChI is InChI=1S/C12H13BrO4S/c1-18-7-2-3-8(11(15)12(16)17)9(6-7)10(14)4-5-13/h2-3,6,11,15H,4-5H2,1H3,(H,16,17). The monoisotopic (exact) mass is 332 g/mol. The number of thioether (sulfide) groups is 1. The van der Waals surface area contributed by atoms with Crippen molar-refractivity contribution in [3.05, 3.63) is 29.3 Å². The molecule has 0 aliphatic carbocycles. The number of aliphatic carboxylic acids is 1. The van der Waals surface area contributed by atoms with Crippen LogP contribution in [0.15, 0.2) is 23.1 Å². The van der Waals surface area contributed by atoms with Gasteiger partial charge in [0.1, 0.15) is 0 Å². The van der Waals surface area contributed by atoms with E-state index in [-0.39, 0.29) is 23.3 Å². The van der Waals surface area contributed by atoms with E-state index >= 15 is 0 Å². The first-order valence-electron chi connectivity index (χ1n) is 5.19. The van der Waals surface area contributed by atoms with Crippen LogP contribution in [0.1, 0.15) is 28.4 Å². The summed E-state index contributed by atoms with van der Waals surface area (Å²) >= 11 is 4.62. The lowest BCUT2D eigenvalue weighted by Crippen LogP contribution is -2.15. The number of carboxylic acid groups (broad SMARTS) is 1. The zero-order valence-electron chi connectivity index (χ0n) is 9.72. The normalized spacial score (nSPS) is 12.2. The van der Waals surface area contributed by atoms with Gasteiger partial charge in [0, 0.05) is 27.8 Å². The molecule has 1 aromatic carbocycles. The SMILES string of the molecule is CSc1ccc(C(O)C(=O)O)c(C(=O)CCBr)c1. The maximum Gasteiger partial charge on any atom is 0.337 e. The van der Waals surface area contributed by atoms with Gasteiger partial charge in [-0.05, 0) is 18.4 Å². The van der Waals surface area contributed by atoms with Gasteiger partial charge >= 0.3 is 5.97 Å². The molecule has 2 N–H and O–H groups in total. The highest BCUT2D eigenvalue weighted by molar-refractivity contribution is 9.09. The molecule has 0 saturated heterocycles. The van der Waals surface area contributed by atoms with Crippen molar-refractivity contribution in [2.24, 2.45) is 0 Å². The molecule has 1 unspecified atom stereocenters. The van der Waals surface area contributed by atoms with Gasteiger partial charge in [-0.25, -0.2) is 4.79 Å². The van der Waals surface area contributed by atoms with E-state index < -0.39 is 12.1 Å². The predicted octanol–water partition coefficient (Wildman–Crippen LogP) is 2.49. The summed E-state index contributed by atoms with van der Waals surface area (Å²) in [7, 11) is 0. The second kappa shape index (κ2) is 6.92. The molecule has 18 heavy (non-hydrogen) atoms. The smallest absolute Gasteiger partial charge is 0.337 e. The topological polar surface area (TPSA) is 74.6 Å². The lowest BCUT2D eigenvalue weighted by atomic mass is 9.98. The number of Topliss-reactive ketones (excluding diaryl/α,β-unsaturated/α-hetero) is 1. The molecule has 0 heterocycles. The summed E-state index contributed by atoms with van der Waals surface area (Å²) < 4.78 is 0. The van der Waals surface area contributed by atoms with Gasteiger partial charge in [-0.1, -0.05) is 22.0 Å². The van der Waals surface area contributed by atoms with E-state index in [4.69, 9.17) is 5.11 Å². The third-order valence-electron chi connectivity index (χ3n) is 2.41. The third-order valence-corrected chi connectivity index (χ3v) is 3.53. The lowest BCUT2D eigenvalue weighted by molar-refractivity contribution is -0.146. The minimum atomic E-state index is -1.67. The van der Waals surface area contributed by atoms with Gasteiger partial charge in [-0.3, -0.25) is 4.79 Å². The first-order valence-corrected chi connectivity index (χ1v) is 7.53. The van der Waals surface area contributed by atoms with Crippen LogP contribution in [0.25, 0.3) is 0 Å². The average molecular weight is 333 g/mol. The highest BCUT2D eigenvalue weighted by Crippen LogP contribution is 2.25. The van der Waals surface area contributed by atoms with Crippen LogP contribution in [0.5, 0.6) is 0 Å². The number of rotatable bonds is 6. The highest BCUT2D eigenvalue weighted by Gasteiger charge is 2.22. The van der Waals surface area contributed by atoms with Crippen molar-refractivity contribution in [3.8, 4) is 0 Å². The van der Waals surface area contributed by atoms with Crippen molar-refractivity contribution in [1.82, 2.24) is 0 Å². The Morgan fingerprint density at radius 3 is 2.61 bits per heavy atom. The molecular formula is C12H13BrO4S. The molecule has 0 bridgehead atoms. The van der Waals surface area contributed by atoms with Crippen LogP contribution in [0.4, 0.5) is 0 Å². The van der Waals surface area contributed by atoms with Crippen LogP contribution in [-0.2, 0) is 4.79 Å². The summed E-state index contributed by atoms with van der Waals surface area (Å²) in [6.07, 6.45) is 0.452. The zero-order chi connectivity index (χ0) is 13.7. The van der Waals surface area contributed by atoms with Crippen molar-refractivity contribution in [2.75, 3.05) is 11.6 Å². The molecule has 0 spiro atoms. The van der Waals surface area contributed by atoms with Gasteiger partial charge in [-0.2, -0.15) is 0 Å². The third kappa shape index (κ3) is 3.57. The molecular weight excluding hydrogens is 320 g/mol. The fraction of sp³-hybridized carbons (Fsp3) is 0.333. The van der Waals surface area contributed by atoms with Gasteiger partial charge in [0.2, 0.25) is 0 Å². The fourth-order valence-corrected chi connectivity index (χ4v) is 2.30. The minimum Gasteiger partial charge on any atom is -0.479 e. The molecule has 0 aromatic heterocycles. The minimum absolute atomic E-state index is 0.145. The van der Waals surface area contributed by atoms with Gasteiger partial charge in [-0.15, -0.1) is 11.8 Å². The Kier molecular flexibility index (Phi) is 5.84. The van der Waals surface area contributed by atoms with Crippen LogP contribution >= 0.6 is 27.7 Å². The number of aliphatic hydroxyl groups excluding tert-OH is 1. The van der Waals surface area contributed by atoms with Crippen LogP contribution in [0, 0.1) is 0 Å². The molecule has 0 fully saturated rings. The summed E-state index contributed by atoms with van der Waals surface area (Å²) in [5.41, 5.74) is 0.419. The molecule has 0 saturated carbocycles. The lowest BCUT2D eigenvalue weighted by Gasteiger charge is -2.12. The fourth-order valence-electron chi connectivity index (χ4n) is 1.50. The van der Waals surface area contributed by atoms with E-state index in [1.807, 2.05) is 6.26 Å². The van der Waals surface area contributed by atoms with Crippen LogP contribution in [-0.4, -0.2) is 33.6 Å². The van der Waals surface area contributed by atoms with Crippen molar-refractivity contribution < 1.29 is 19.8 Å². The van der Waals surface area contributed by atoms with Gasteiger partial charge in [0.05, 0.1) is 0 Å². The second-order valence-electron chi connectivity index (χ2n) is 3.56. The van der Waals surface area contributed by atoms with E-state index in [2.05, 4.69) is 15.9 Å². The molecule has 0 aliphatic heterocycles. The van der Waals surface area contributed by atoms with E-state index in [9.17, 15) is 14.7 Å². The van der Waals surface area contributed by atoms with E-state index in [1.54, 1.807) is 12.1 Å². The van der Waals surface area contributed by atoms with Gasteiger partial charge < -0.3 is 10.2 Å². The number of hydrogen-bond donors (Lipinski definition) is 2. The molecule has 4 nitrogen and oxygen atoms in total. The Morgan fingerprint density at radius 2 is 2.11 bits per heavy atom. The number of alkyl halides is 1. The van der Waals surface area contributed by atoms with Crippen LogP contribution in [0.3, 0.4) is 0 Å². The Labute approximate surface area is 118 Å². The molecule has 98 valence electrons. The van der Waals surface area contributed by atoms with Crippen molar-refractivity contribution >= 4 is 39.4 Å². The molecule has 0 amide bonds. The number of aliphatic hydroxyl groups is 1. The quantitative estimate of drug-likeness (QED) is 0.475. The van der Waals surface area contributed by atoms with E-state index in [1.165, 1.54) is 17.8 Å². The second-order valence-corrected chi connectivity index (χ2v) is 5.23. The predicted molar refractivity (Wildman–Crippen MR) is 73.6 cm³/mol. The van der Waals surface area contributed by atoms with Crippen LogP contribution in [0.2, 0.25) is 0 Å². The van der Waals surface area contributed by atoms with E-state index in [0.717, 1.165) is 4.90 Å². The molecule has 0 radical (unpaired) electrons. The number of carbonyl (C=O) groups is 2. The number of carbonyl (C=O) groups excluding carboxylic acids is 1. The highest BCUT2D eigenvalue weighted by atomic mass is 79.9. The zero-order valence-corrected chi connectivity index (χ0v) is 12.1. The Balaban J connectivity index is 3.24. The Hall–Kier alpha value is -0.850. The first-order chi connectivity index (χ1) is 8.51. The summed E-state index contributed by atoms with van der Waals surface area (Å²) in [6, 6.07) is 4.81. The Morgan fingerprint density at radius 1 is 1.44 bits per heavy atom. The summed E-state index contributed by atoms with van der Waals surface area (Å²) in [4.78, 5) is 23.6. The van der Waals surface area contributed by atoms with Gasteiger partial charge in [0.15, 0.2) is 11.9 Å². The molecule has 1 aromatic rings.